The highest BCUT2D eigenvalue weighted by molar-refractivity contribution is 7.99. The maximum Gasteiger partial charge on any atom is 0.242 e. The summed E-state index contributed by atoms with van der Waals surface area (Å²) in [5.41, 5.74) is 1.69. The van der Waals surface area contributed by atoms with E-state index in [0.717, 1.165) is 17.2 Å². The van der Waals surface area contributed by atoms with Gasteiger partial charge >= 0.3 is 0 Å². The van der Waals surface area contributed by atoms with E-state index in [1.165, 1.54) is 0 Å². The van der Waals surface area contributed by atoms with Gasteiger partial charge in [0.15, 0.2) is 11.5 Å². The first kappa shape index (κ1) is 22.4. The lowest BCUT2D eigenvalue weighted by atomic mass is 10.2. The molecule has 1 aromatic heterocycles. The van der Waals surface area contributed by atoms with Crippen LogP contribution in [0.15, 0.2) is 42.7 Å². The molecule has 2 N–H and O–H groups in total. The van der Waals surface area contributed by atoms with Crippen LogP contribution >= 0.6 is 36.6 Å². The Labute approximate surface area is 169 Å². The minimum atomic E-state index is -0.154. The summed E-state index contributed by atoms with van der Waals surface area (Å²) in [6.45, 7) is 0.400. The van der Waals surface area contributed by atoms with Crippen molar-refractivity contribution in [3.63, 3.8) is 0 Å². The summed E-state index contributed by atoms with van der Waals surface area (Å²) in [5, 5.41) is 6.06. The summed E-state index contributed by atoms with van der Waals surface area (Å²) in [6, 6.07) is 8.99. The van der Waals surface area contributed by atoms with Gasteiger partial charge < -0.3 is 14.8 Å². The number of carbonyl (C=O) groups excluding carboxylic acids is 1. The SMILES string of the molecule is COc1ccc(NC(=O)C2CSCN2)cc1OCc1ccncc1.Cl.Cl. The number of halogens is 2. The molecular weight excluding hydrogens is 397 g/mol. The van der Waals surface area contributed by atoms with Gasteiger partial charge in [0, 0.05) is 35.8 Å². The van der Waals surface area contributed by atoms with Crippen LogP contribution < -0.4 is 20.1 Å². The molecule has 1 aromatic carbocycles. The molecule has 26 heavy (non-hydrogen) atoms. The number of amides is 1. The first-order chi connectivity index (χ1) is 11.8. The van der Waals surface area contributed by atoms with Crippen molar-refractivity contribution < 1.29 is 14.3 Å². The number of nitrogens with one attached hydrogen (secondary N) is 2. The van der Waals surface area contributed by atoms with Crippen molar-refractivity contribution in [2.45, 2.75) is 12.6 Å². The summed E-state index contributed by atoms with van der Waals surface area (Å²) in [7, 11) is 1.59. The summed E-state index contributed by atoms with van der Waals surface area (Å²) in [5.74, 6) is 2.76. The molecule has 0 saturated carbocycles. The molecule has 0 aliphatic carbocycles. The van der Waals surface area contributed by atoms with Gasteiger partial charge in [-0.2, -0.15) is 0 Å². The molecule has 1 aliphatic heterocycles. The Hall–Kier alpha value is -1.67. The molecule has 9 heteroatoms. The fourth-order valence-electron chi connectivity index (χ4n) is 2.30. The number of hydrogen-bond donors (Lipinski definition) is 2. The summed E-state index contributed by atoms with van der Waals surface area (Å²) >= 11 is 1.71. The van der Waals surface area contributed by atoms with E-state index in [4.69, 9.17) is 9.47 Å². The Bertz CT molecular complexity index is 701. The van der Waals surface area contributed by atoms with E-state index in [1.54, 1.807) is 49.5 Å². The molecule has 1 saturated heterocycles. The highest BCUT2D eigenvalue weighted by Gasteiger charge is 2.22. The smallest absolute Gasteiger partial charge is 0.242 e. The van der Waals surface area contributed by atoms with Gasteiger partial charge in [-0.25, -0.2) is 0 Å². The molecule has 0 radical (unpaired) electrons. The predicted molar refractivity (Wildman–Crippen MR) is 109 cm³/mol. The average molecular weight is 418 g/mol. The van der Waals surface area contributed by atoms with E-state index in [-0.39, 0.29) is 36.8 Å². The van der Waals surface area contributed by atoms with Crippen LogP contribution in [-0.2, 0) is 11.4 Å². The number of carbonyl (C=O) groups is 1. The number of ether oxygens (including phenoxy) is 2. The van der Waals surface area contributed by atoms with E-state index in [9.17, 15) is 4.79 Å². The monoisotopic (exact) mass is 417 g/mol. The standard InChI is InChI=1S/C17H19N3O3S.2ClH/c1-22-15-3-2-13(20-17(21)14-10-24-11-19-14)8-16(15)23-9-12-4-6-18-7-5-12;;/h2-8,14,19H,9-11H2,1H3,(H,20,21);2*1H. The lowest BCUT2D eigenvalue weighted by molar-refractivity contribution is -0.117. The van der Waals surface area contributed by atoms with Crippen molar-refractivity contribution in [3.8, 4) is 11.5 Å². The number of aromatic nitrogens is 1. The van der Waals surface area contributed by atoms with E-state index in [0.29, 0.717) is 23.8 Å². The molecule has 1 amide bonds. The second kappa shape index (κ2) is 11.1. The van der Waals surface area contributed by atoms with E-state index in [1.807, 2.05) is 12.1 Å². The number of nitrogens with zero attached hydrogens (tertiary/aromatic N) is 1. The van der Waals surface area contributed by atoms with Crippen LogP contribution in [-0.4, -0.2) is 35.7 Å². The number of rotatable bonds is 6. The molecule has 1 fully saturated rings. The second-order valence-corrected chi connectivity index (χ2v) is 6.30. The molecule has 142 valence electrons. The van der Waals surface area contributed by atoms with E-state index in [2.05, 4.69) is 15.6 Å². The van der Waals surface area contributed by atoms with Crippen molar-refractivity contribution in [1.29, 1.82) is 0 Å². The van der Waals surface area contributed by atoms with Gasteiger partial charge in [0.05, 0.1) is 13.2 Å². The minimum absolute atomic E-state index is 0. The van der Waals surface area contributed by atoms with Crippen molar-refractivity contribution in [2.24, 2.45) is 0 Å². The first-order valence-corrected chi connectivity index (χ1v) is 8.73. The Morgan fingerprint density at radius 3 is 2.69 bits per heavy atom. The Kier molecular flexibility index (Phi) is 9.58. The fourth-order valence-corrected chi connectivity index (χ4v) is 3.24. The van der Waals surface area contributed by atoms with Gasteiger partial charge in [0.2, 0.25) is 5.91 Å². The molecule has 6 nitrogen and oxygen atoms in total. The number of methoxy groups -OCH3 is 1. The molecule has 1 atom stereocenters. The third kappa shape index (κ3) is 5.95. The quantitative estimate of drug-likeness (QED) is 0.751. The first-order valence-electron chi connectivity index (χ1n) is 7.58. The van der Waals surface area contributed by atoms with Gasteiger partial charge in [-0.05, 0) is 29.8 Å². The number of anilines is 1. The van der Waals surface area contributed by atoms with Gasteiger partial charge in [0.25, 0.3) is 0 Å². The summed E-state index contributed by atoms with van der Waals surface area (Å²) < 4.78 is 11.2. The van der Waals surface area contributed by atoms with E-state index < -0.39 is 0 Å². The Balaban J connectivity index is 0.00000169. The maximum absolute atomic E-state index is 12.2. The fraction of sp³-hybridized carbons (Fsp3) is 0.294. The van der Waals surface area contributed by atoms with Crippen LogP contribution in [0.4, 0.5) is 5.69 Å². The normalized spacial score (nSPS) is 15.3. The lowest BCUT2D eigenvalue weighted by Gasteiger charge is -2.14. The largest absolute Gasteiger partial charge is 0.493 e. The van der Waals surface area contributed by atoms with Crippen molar-refractivity contribution in [2.75, 3.05) is 24.1 Å². The topological polar surface area (TPSA) is 72.5 Å². The third-order valence-corrected chi connectivity index (χ3v) is 4.55. The van der Waals surface area contributed by atoms with Crippen molar-refractivity contribution in [3.05, 3.63) is 48.3 Å². The van der Waals surface area contributed by atoms with Crippen LogP contribution in [0.1, 0.15) is 5.56 Å². The second-order valence-electron chi connectivity index (χ2n) is 5.27. The number of benzene rings is 1. The van der Waals surface area contributed by atoms with Crippen LogP contribution in [0.5, 0.6) is 11.5 Å². The summed E-state index contributed by atoms with van der Waals surface area (Å²) in [6.07, 6.45) is 3.44. The number of hydrogen-bond acceptors (Lipinski definition) is 6. The highest BCUT2D eigenvalue weighted by atomic mass is 35.5. The van der Waals surface area contributed by atoms with Crippen molar-refractivity contribution >= 4 is 48.2 Å². The van der Waals surface area contributed by atoms with Crippen LogP contribution in [0.3, 0.4) is 0 Å². The predicted octanol–water partition coefficient (Wildman–Crippen LogP) is 3.11. The van der Waals surface area contributed by atoms with Gasteiger partial charge in [-0.1, -0.05) is 0 Å². The molecule has 0 spiro atoms. The zero-order chi connectivity index (χ0) is 16.8. The Morgan fingerprint density at radius 1 is 1.27 bits per heavy atom. The number of pyridine rings is 1. The van der Waals surface area contributed by atoms with Crippen LogP contribution in [0, 0.1) is 0 Å². The maximum atomic E-state index is 12.2. The highest BCUT2D eigenvalue weighted by Crippen LogP contribution is 2.31. The molecular formula is C17H21Cl2N3O3S. The molecule has 2 aromatic rings. The zero-order valence-corrected chi connectivity index (χ0v) is 16.6. The number of thioether (sulfide) groups is 1. The van der Waals surface area contributed by atoms with Crippen LogP contribution in [0.25, 0.3) is 0 Å². The van der Waals surface area contributed by atoms with Crippen LogP contribution in [0.2, 0.25) is 0 Å². The van der Waals surface area contributed by atoms with Crippen molar-refractivity contribution in [1.82, 2.24) is 10.3 Å². The zero-order valence-electron chi connectivity index (χ0n) is 14.1. The Morgan fingerprint density at radius 2 is 2.04 bits per heavy atom. The lowest BCUT2D eigenvalue weighted by Crippen LogP contribution is -2.37. The average Bonchev–Trinajstić information content (AvgIpc) is 3.16. The molecule has 1 aliphatic rings. The molecule has 2 heterocycles. The van der Waals surface area contributed by atoms with Gasteiger partial charge in [0.1, 0.15) is 6.61 Å². The van der Waals surface area contributed by atoms with E-state index >= 15 is 0 Å². The van der Waals surface area contributed by atoms with Gasteiger partial charge in [-0.15, -0.1) is 36.6 Å². The molecule has 3 rings (SSSR count). The summed E-state index contributed by atoms with van der Waals surface area (Å²) in [4.78, 5) is 16.2. The minimum Gasteiger partial charge on any atom is -0.493 e. The molecule has 1 unspecified atom stereocenters. The molecule has 0 bridgehead atoms. The third-order valence-electron chi connectivity index (χ3n) is 3.61. The van der Waals surface area contributed by atoms with Gasteiger partial charge in [-0.3, -0.25) is 15.1 Å².